The van der Waals surface area contributed by atoms with Crippen LogP contribution in [0.1, 0.15) is 17.8 Å². The summed E-state index contributed by atoms with van der Waals surface area (Å²) in [4.78, 5) is 12.3. The summed E-state index contributed by atoms with van der Waals surface area (Å²) in [6, 6.07) is 13.5. The van der Waals surface area contributed by atoms with Gasteiger partial charge in [0.2, 0.25) is 0 Å². The van der Waals surface area contributed by atoms with E-state index in [1.165, 1.54) is 0 Å². The number of aryl methyl sites for hydroxylation is 1. The third-order valence-corrected chi connectivity index (χ3v) is 4.02. The summed E-state index contributed by atoms with van der Waals surface area (Å²) >= 11 is 0. The molecule has 1 aromatic carbocycles. The Bertz CT molecular complexity index is 858. The van der Waals surface area contributed by atoms with Crippen molar-refractivity contribution in [1.29, 1.82) is 0 Å². The summed E-state index contributed by atoms with van der Waals surface area (Å²) in [7, 11) is 0. The summed E-state index contributed by atoms with van der Waals surface area (Å²) < 4.78 is 7.65. The summed E-state index contributed by atoms with van der Waals surface area (Å²) in [5, 5.41) is 11.1. The van der Waals surface area contributed by atoms with Gasteiger partial charge in [0.15, 0.2) is 17.6 Å². The van der Waals surface area contributed by atoms with Crippen LogP contribution in [0.3, 0.4) is 0 Å². The Morgan fingerprint density at radius 3 is 3.04 bits per heavy atom. The van der Waals surface area contributed by atoms with Gasteiger partial charge in [-0.05, 0) is 36.6 Å². The molecule has 0 spiro atoms. The van der Waals surface area contributed by atoms with Gasteiger partial charge in [-0.3, -0.25) is 9.20 Å². The van der Waals surface area contributed by atoms with Crippen molar-refractivity contribution in [1.82, 2.24) is 19.9 Å². The number of carbonyl (C=O) groups is 1. The third kappa shape index (κ3) is 2.63. The predicted octanol–water partition coefficient (Wildman–Crippen LogP) is 1.74. The van der Waals surface area contributed by atoms with Crippen LogP contribution in [0.2, 0.25) is 0 Å². The lowest BCUT2D eigenvalue weighted by molar-refractivity contribution is -0.128. The minimum Gasteiger partial charge on any atom is -0.480 e. The fourth-order valence-corrected chi connectivity index (χ4v) is 2.80. The fraction of sp³-hybridized carbons (Fsp3) is 0.235. The smallest absolute Gasteiger partial charge is 0.261 e. The summed E-state index contributed by atoms with van der Waals surface area (Å²) in [6.07, 6.45) is 2.96. The monoisotopic (exact) mass is 308 g/mol. The van der Waals surface area contributed by atoms with E-state index in [1.807, 2.05) is 53.1 Å². The SMILES string of the molecule is O=C(NCc1nnc2ccccn12)[C@H]1CCc2ccccc2O1. The lowest BCUT2D eigenvalue weighted by Crippen LogP contribution is -2.40. The number of fused-ring (bicyclic) bond motifs is 2. The zero-order valence-corrected chi connectivity index (χ0v) is 12.5. The van der Waals surface area contributed by atoms with E-state index in [1.54, 1.807) is 0 Å². The van der Waals surface area contributed by atoms with Crippen LogP contribution >= 0.6 is 0 Å². The van der Waals surface area contributed by atoms with Crippen molar-refractivity contribution in [3.05, 3.63) is 60.0 Å². The molecule has 0 saturated heterocycles. The van der Waals surface area contributed by atoms with E-state index in [0.717, 1.165) is 23.4 Å². The lowest BCUT2D eigenvalue weighted by Gasteiger charge is -2.25. The maximum atomic E-state index is 12.3. The van der Waals surface area contributed by atoms with Gasteiger partial charge in [-0.2, -0.15) is 0 Å². The first kappa shape index (κ1) is 13.8. The number of rotatable bonds is 3. The Balaban J connectivity index is 1.43. The number of amides is 1. The van der Waals surface area contributed by atoms with Crippen LogP contribution in [-0.2, 0) is 17.8 Å². The molecule has 0 fully saturated rings. The molecule has 1 atom stereocenters. The van der Waals surface area contributed by atoms with Crippen molar-refractivity contribution < 1.29 is 9.53 Å². The number of aromatic nitrogens is 3. The average Bonchev–Trinajstić information content (AvgIpc) is 3.02. The van der Waals surface area contributed by atoms with Crippen molar-refractivity contribution in [3.8, 4) is 5.75 Å². The van der Waals surface area contributed by atoms with Gasteiger partial charge in [-0.15, -0.1) is 10.2 Å². The molecule has 3 heterocycles. The van der Waals surface area contributed by atoms with Gasteiger partial charge < -0.3 is 10.1 Å². The normalized spacial score (nSPS) is 16.6. The molecule has 0 bridgehead atoms. The second-order valence-electron chi connectivity index (χ2n) is 5.52. The van der Waals surface area contributed by atoms with E-state index < -0.39 is 6.10 Å². The highest BCUT2D eigenvalue weighted by molar-refractivity contribution is 5.81. The van der Waals surface area contributed by atoms with E-state index in [4.69, 9.17) is 4.74 Å². The summed E-state index contributed by atoms with van der Waals surface area (Å²) in [6.45, 7) is 0.325. The number of nitrogens with one attached hydrogen (secondary N) is 1. The second kappa shape index (κ2) is 5.72. The standard InChI is InChI=1S/C17H16N4O2/c22-17(14-9-8-12-5-1-2-6-13(12)23-14)18-11-16-20-19-15-7-3-4-10-21(15)16/h1-7,10,14H,8-9,11H2,(H,18,22)/t14-/m1/s1. The van der Waals surface area contributed by atoms with Gasteiger partial charge in [0.05, 0.1) is 6.54 Å². The highest BCUT2D eigenvalue weighted by atomic mass is 16.5. The molecule has 1 aliphatic rings. The third-order valence-electron chi connectivity index (χ3n) is 4.02. The van der Waals surface area contributed by atoms with Crippen LogP contribution in [0.15, 0.2) is 48.7 Å². The number of benzene rings is 1. The molecule has 0 saturated carbocycles. The van der Waals surface area contributed by atoms with Gasteiger partial charge >= 0.3 is 0 Å². The Morgan fingerprint density at radius 2 is 2.09 bits per heavy atom. The lowest BCUT2D eigenvalue weighted by atomic mass is 10.0. The van der Waals surface area contributed by atoms with Crippen LogP contribution in [0.5, 0.6) is 5.75 Å². The van der Waals surface area contributed by atoms with E-state index in [2.05, 4.69) is 15.5 Å². The molecule has 1 amide bonds. The van der Waals surface area contributed by atoms with Crippen molar-refractivity contribution >= 4 is 11.6 Å². The molecule has 6 nitrogen and oxygen atoms in total. The van der Waals surface area contributed by atoms with E-state index >= 15 is 0 Å². The topological polar surface area (TPSA) is 68.5 Å². The van der Waals surface area contributed by atoms with Crippen molar-refractivity contribution in [2.75, 3.05) is 0 Å². The maximum absolute atomic E-state index is 12.3. The van der Waals surface area contributed by atoms with Crippen LogP contribution in [-0.4, -0.2) is 26.6 Å². The van der Waals surface area contributed by atoms with Gasteiger partial charge in [0, 0.05) is 6.20 Å². The molecule has 3 aromatic rings. The molecule has 0 aliphatic carbocycles. The number of pyridine rings is 1. The van der Waals surface area contributed by atoms with Gasteiger partial charge in [0.1, 0.15) is 5.75 Å². The Labute approximate surface area is 133 Å². The zero-order chi connectivity index (χ0) is 15.6. The molecule has 23 heavy (non-hydrogen) atoms. The van der Waals surface area contributed by atoms with E-state index in [9.17, 15) is 4.79 Å². The minimum absolute atomic E-state index is 0.118. The zero-order valence-electron chi connectivity index (χ0n) is 12.5. The maximum Gasteiger partial charge on any atom is 0.261 e. The molecule has 0 unspecified atom stereocenters. The second-order valence-corrected chi connectivity index (χ2v) is 5.52. The quantitative estimate of drug-likeness (QED) is 0.800. The molecule has 4 rings (SSSR count). The molecule has 6 heteroatoms. The first-order valence-corrected chi connectivity index (χ1v) is 7.62. The molecular formula is C17H16N4O2. The van der Waals surface area contributed by atoms with Gasteiger partial charge in [0.25, 0.3) is 5.91 Å². The van der Waals surface area contributed by atoms with Crippen LogP contribution in [0.25, 0.3) is 5.65 Å². The first-order valence-electron chi connectivity index (χ1n) is 7.62. The molecule has 2 aromatic heterocycles. The van der Waals surface area contributed by atoms with Crippen LogP contribution in [0, 0.1) is 0 Å². The van der Waals surface area contributed by atoms with E-state index in [0.29, 0.717) is 18.8 Å². The summed E-state index contributed by atoms with van der Waals surface area (Å²) in [5.74, 6) is 1.38. The highest BCUT2D eigenvalue weighted by Gasteiger charge is 2.25. The first-order chi connectivity index (χ1) is 11.3. The van der Waals surface area contributed by atoms with E-state index in [-0.39, 0.29) is 5.91 Å². The number of para-hydroxylation sites is 1. The molecule has 1 aliphatic heterocycles. The summed E-state index contributed by atoms with van der Waals surface area (Å²) in [5.41, 5.74) is 1.92. The number of nitrogens with zero attached hydrogens (tertiary/aromatic N) is 3. The molecule has 1 N–H and O–H groups in total. The molecule has 0 radical (unpaired) electrons. The largest absolute Gasteiger partial charge is 0.480 e. The Hall–Kier alpha value is -2.89. The number of ether oxygens (including phenoxy) is 1. The fourth-order valence-electron chi connectivity index (χ4n) is 2.80. The Kier molecular flexibility index (Phi) is 3.42. The molecular weight excluding hydrogens is 292 g/mol. The van der Waals surface area contributed by atoms with Crippen LogP contribution in [0.4, 0.5) is 0 Å². The number of carbonyl (C=O) groups excluding carboxylic acids is 1. The van der Waals surface area contributed by atoms with Gasteiger partial charge in [-0.25, -0.2) is 0 Å². The predicted molar refractivity (Wildman–Crippen MR) is 84.0 cm³/mol. The Morgan fingerprint density at radius 1 is 1.22 bits per heavy atom. The van der Waals surface area contributed by atoms with Crippen molar-refractivity contribution in [2.24, 2.45) is 0 Å². The van der Waals surface area contributed by atoms with Crippen molar-refractivity contribution in [3.63, 3.8) is 0 Å². The molecule has 116 valence electrons. The number of hydrogen-bond donors (Lipinski definition) is 1. The highest BCUT2D eigenvalue weighted by Crippen LogP contribution is 2.27. The van der Waals surface area contributed by atoms with Gasteiger partial charge in [-0.1, -0.05) is 24.3 Å². The van der Waals surface area contributed by atoms with Crippen molar-refractivity contribution in [2.45, 2.75) is 25.5 Å². The average molecular weight is 308 g/mol. The van der Waals surface area contributed by atoms with Crippen LogP contribution < -0.4 is 10.1 Å². The number of hydrogen-bond acceptors (Lipinski definition) is 4. The minimum atomic E-state index is -0.455.